The van der Waals surface area contributed by atoms with Crippen molar-refractivity contribution in [1.82, 2.24) is 14.5 Å². The molecular weight excluding hydrogens is 482 g/mol. The van der Waals surface area contributed by atoms with Crippen LogP contribution in [0.15, 0.2) is 128 Å². The smallest absolute Gasteiger partial charge is 0.159 e. The number of hydrogen-bond acceptors (Lipinski definition) is 3. The van der Waals surface area contributed by atoms with Gasteiger partial charge in [0.15, 0.2) is 5.82 Å². The largest absolute Gasteiger partial charge is 0.304 e. The van der Waals surface area contributed by atoms with E-state index < -0.39 is 0 Å². The predicted octanol–water partition coefficient (Wildman–Crippen LogP) is 9.28. The van der Waals surface area contributed by atoms with Gasteiger partial charge in [-0.3, -0.25) is 0 Å². The zero-order valence-electron chi connectivity index (χ0n) is 20.4. The molecule has 0 fully saturated rings. The standard InChI is InChI=1S/C34H21N3S/c1-3-12-23(13-4-1)31-28(21-35-34(36-31)24-14-5-2-6-15-24)37-27-20-19-22-11-7-8-16-25(22)30(27)33-32(37)26-17-9-10-18-29(26)38-33/h1-21H. The average molecular weight is 504 g/mol. The molecule has 8 aromatic rings. The van der Waals surface area contributed by atoms with Gasteiger partial charge in [-0.15, -0.1) is 11.3 Å². The molecule has 0 bridgehead atoms. The van der Waals surface area contributed by atoms with Crippen LogP contribution in [0.3, 0.4) is 0 Å². The van der Waals surface area contributed by atoms with E-state index in [1.54, 1.807) is 0 Å². The van der Waals surface area contributed by atoms with Crippen molar-refractivity contribution in [2.45, 2.75) is 0 Å². The summed E-state index contributed by atoms with van der Waals surface area (Å²) >= 11 is 1.86. The van der Waals surface area contributed by atoms with E-state index in [9.17, 15) is 0 Å². The van der Waals surface area contributed by atoms with Gasteiger partial charge in [0, 0.05) is 26.6 Å². The van der Waals surface area contributed by atoms with Crippen molar-refractivity contribution in [1.29, 1.82) is 0 Å². The molecule has 4 heteroatoms. The molecule has 0 aliphatic carbocycles. The Morgan fingerprint density at radius 3 is 2.11 bits per heavy atom. The molecule has 3 heterocycles. The summed E-state index contributed by atoms with van der Waals surface area (Å²) in [5, 5.41) is 5.04. The van der Waals surface area contributed by atoms with Crippen molar-refractivity contribution in [3.05, 3.63) is 128 Å². The lowest BCUT2D eigenvalue weighted by Crippen LogP contribution is -2.02. The molecule has 0 aliphatic rings. The minimum Gasteiger partial charge on any atom is -0.304 e. The Bertz CT molecular complexity index is 2120. The van der Waals surface area contributed by atoms with E-state index in [0.717, 1.165) is 28.3 Å². The minimum atomic E-state index is 0.724. The maximum atomic E-state index is 5.18. The fraction of sp³-hybridized carbons (Fsp3) is 0. The molecule has 3 aromatic heterocycles. The first-order valence-electron chi connectivity index (χ1n) is 12.7. The molecular formula is C34H21N3S. The second kappa shape index (κ2) is 8.37. The van der Waals surface area contributed by atoms with Gasteiger partial charge in [-0.25, -0.2) is 9.97 Å². The lowest BCUT2D eigenvalue weighted by atomic mass is 10.1. The van der Waals surface area contributed by atoms with Crippen LogP contribution < -0.4 is 0 Å². The minimum absolute atomic E-state index is 0.724. The molecule has 178 valence electrons. The SMILES string of the molecule is c1ccc(-c2ncc(-n3c4ccc5ccccc5c4c4sc5ccccc5c43)c(-c3ccccc3)n2)cc1. The summed E-state index contributed by atoms with van der Waals surface area (Å²) in [6.07, 6.45) is 2.00. The lowest BCUT2D eigenvalue weighted by molar-refractivity contribution is 1.09. The van der Waals surface area contributed by atoms with Crippen molar-refractivity contribution in [2.24, 2.45) is 0 Å². The maximum absolute atomic E-state index is 5.18. The first-order valence-corrected chi connectivity index (χ1v) is 13.5. The molecule has 0 atom stereocenters. The first-order chi connectivity index (χ1) is 18.9. The van der Waals surface area contributed by atoms with E-state index in [4.69, 9.17) is 9.97 Å². The quantitative estimate of drug-likeness (QED) is 0.240. The number of benzene rings is 5. The molecule has 8 rings (SSSR count). The van der Waals surface area contributed by atoms with Gasteiger partial charge in [-0.05, 0) is 22.9 Å². The number of fused-ring (bicyclic) bond motifs is 7. The average Bonchev–Trinajstić information content (AvgIpc) is 3.52. The summed E-state index contributed by atoms with van der Waals surface area (Å²) in [5.41, 5.74) is 6.36. The predicted molar refractivity (Wildman–Crippen MR) is 160 cm³/mol. The van der Waals surface area contributed by atoms with E-state index in [0.29, 0.717) is 0 Å². The van der Waals surface area contributed by atoms with Crippen LogP contribution in [0.4, 0.5) is 0 Å². The third-order valence-corrected chi connectivity index (χ3v) is 8.43. The van der Waals surface area contributed by atoms with Gasteiger partial charge in [0.25, 0.3) is 0 Å². The molecule has 5 aromatic carbocycles. The third kappa shape index (κ3) is 3.14. The zero-order chi connectivity index (χ0) is 25.1. The Balaban J connectivity index is 1.54. The molecule has 0 saturated carbocycles. The molecule has 38 heavy (non-hydrogen) atoms. The Labute approximate surface area is 223 Å². The van der Waals surface area contributed by atoms with Crippen molar-refractivity contribution in [3.8, 4) is 28.3 Å². The van der Waals surface area contributed by atoms with Crippen molar-refractivity contribution in [3.63, 3.8) is 0 Å². The Morgan fingerprint density at radius 1 is 0.605 bits per heavy atom. The summed E-state index contributed by atoms with van der Waals surface area (Å²) in [5.74, 6) is 0.724. The fourth-order valence-corrected chi connectivity index (χ4v) is 6.81. The van der Waals surface area contributed by atoms with E-state index in [1.807, 2.05) is 41.8 Å². The molecule has 0 radical (unpaired) electrons. The Morgan fingerprint density at radius 2 is 1.29 bits per heavy atom. The van der Waals surface area contributed by atoms with Gasteiger partial charge >= 0.3 is 0 Å². The van der Waals surface area contributed by atoms with Crippen LogP contribution in [0.1, 0.15) is 0 Å². The van der Waals surface area contributed by atoms with E-state index in [2.05, 4.69) is 102 Å². The number of hydrogen-bond donors (Lipinski definition) is 0. The lowest BCUT2D eigenvalue weighted by Gasteiger charge is -2.14. The summed E-state index contributed by atoms with van der Waals surface area (Å²) in [4.78, 5) is 10.1. The second-order valence-corrected chi connectivity index (χ2v) is 10.5. The second-order valence-electron chi connectivity index (χ2n) is 9.45. The van der Waals surface area contributed by atoms with E-state index >= 15 is 0 Å². The van der Waals surface area contributed by atoms with Crippen LogP contribution in [0.25, 0.3) is 70.3 Å². The molecule has 3 nitrogen and oxygen atoms in total. The van der Waals surface area contributed by atoms with Crippen LogP contribution in [-0.4, -0.2) is 14.5 Å². The Kier molecular flexibility index (Phi) is 4.69. The van der Waals surface area contributed by atoms with Crippen LogP contribution in [0.5, 0.6) is 0 Å². The summed E-state index contributed by atoms with van der Waals surface area (Å²) in [6.45, 7) is 0. The highest BCUT2D eigenvalue weighted by molar-refractivity contribution is 7.26. The highest BCUT2D eigenvalue weighted by atomic mass is 32.1. The van der Waals surface area contributed by atoms with Crippen LogP contribution in [0.2, 0.25) is 0 Å². The number of nitrogens with zero attached hydrogens (tertiary/aromatic N) is 3. The summed E-state index contributed by atoms with van der Waals surface area (Å²) < 4.78 is 4.96. The van der Waals surface area contributed by atoms with Gasteiger partial charge < -0.3 is 4.57 Å². The van der Waals surface area contributed by atoms with Gasteiger partial charge in [0.1, 0.15) is 0 Å². The van der Waals surface area contributed by atoms with Crippen LogP contribution >= 0.6 is 11.3 Å². The Hall–Kier alpha value is -4.80. The van der Waals surface area contributed by atoms with Crippen molar-refractivity contribution in [2.75, 3.05) is 0 Å². The number of rotatable bonds is 3. The van der Waals surface area contributed by atoms with Gasteiger partial charge in [0.05, 0.1) is 33.3 Å². The normalized spacial score (nSPS) is 11.7. The first kappa shape index (κ1) is 21.3. The summed E-state index contributed by atoms with van der Waals surface area (Å²) in [6, 6.07) is 42.5. The van der Waals surface area contributed by atoms with Crippen LogP contribution in [-0.2, 0) is 0 Å². The zero-order valence-corrected chi connectivity index (χ0v) is 21.2. The molecule has 0 aliphatic heterocycles. The van der Waals surface area contributed by atoms with Gasteiger partial charge in [-0.2, -0.15) is 0 Å². The van der Waals surface area contributed by atoms with Gasteiger partial charge in [0.2, 0.25) is 0 Å². The molecule has 0 unspecified atom stereocenters. The van der Waals surface area contributed by atoms with E-state index in [1.165, 1.54) is 42.0 Å². The summed E-state index contributed by atoms with van der Waals surface area (Å²) in [7, 11) is 0. The van der Waals surface area contributed by atoms with E-state index in [-0.39, 0.29) is 0 Å². The van der Waals surface area contributed by atoms with Crippen LogP contribution in [0, 0.1) is 0 Å². The topological polar surface area (TPSA) is 30.7 Å². The number of thiophene rings is 1. The van der Waals surface area contributed by atoms with Gasteiger partial charge in [-0.1, -0.05) is 109 Å². The van der Waals surface area contributed by atoms with Crippen molar-refractivity contribution < 1.29 is 0 Å². The maximum Gasteiger partial charge on any atom is 0.159 e. The molecule has 0 N–H and O–H groups in total. The third-order valence-electron chi connectivity index (χ3n) is 7.26. The highest BCUT2D eigenvalue weighted by Gasteiger charge is 2.22. The molecule has 0 saturated heterocycles. The molecule has 0 amide bonds. The molecule has 0 spiro atoms. The van der Waals surface area contributed by atoms with Crippen molar-refractivity contribution >= 4 is 53.3 Å². The number of aromatic nitrogens is 3. The monoisotopic (exact) mass is 503 g/mol. The fourth-order valence-electron chi connectivity index (χ4n) is 5.55. The highest BCUT2D eigenvalue weighted by Crippen LogP contribution is 2.45.